The number of ketones is 1. The van der Waals surface area contributed by atoms with Crippen molar-refractivity contribution < 1.29 is 9.90 Å². The molecular formula is C18H21NO2. The van der Waals surface area contributed by atoms with Crippen molar-refractivity contribution in [3.63, 3.8) is 0 Å². The molecule has 2 rings (SSSR count). The zero-order valence-corrected chi connectivity index (χ0v) is 13.0. The van der Waals surface area contributed by atoms with Crippen molar-refractivity contribution in [1.82, 2.24) is 0 Å². The molecule has 3 heteroatoms. The molecule has 0 aliphatic carbocycles. The highest BCUT2D eigenvalue weighted by Gasteiger charge is 2.09. The molecule has 2 aromatic rings. The molecule has 0 amide bonds. The Labute approximate surface area is 125 Å². The minimum absolute atomic E-state index is 0.00491. The summed E-state index contributed by atoms with van der Waals surface area (Å²) < 4.78 is 0. The minimum Gasteiger partial charge on any atom is -0.508 e. The van der Waals surface area contributed by atoms with E-state index in [1.54, 1.807) is 18.2 Å². The third-order valence-electron chi connectivity index (χ3n) is 3.54. The predicted molar refractivity (Wildman–Crippen MR) is 86.1 cm³/mol. The van der Waals surface area contributed by atoms with Gasteiger partial charge >= 0.3 is 0 Å². The average molecular weight is 283 g/mol. The number of aromatic hydroxyl groups is 1. The molecule has 21 heavy (non-hydrogen) atoms. The Kier molecular flexibility index (Phi) is 4.32. The predicted octanol–water partition coefficient (Wildman–Crippen LogP) is 3.85. The minimum atomic E-state index is 0.00491. The molecule has 0 aliphatic rings. The second-order valence-electron chi connectivity index (χ2n) is 5.60. The van der Waals surface area contributed by atoms with Crippen molar-refractivity contribution in [3.8, 4) is 5.75 Å². The van der Waals surface area contributed by atoms with E-state index in [1.807, 2.05) is 7.05 Å². The number of nitrogens with zero attached hydrogens (tertiary/aromatic N) is 1. The number of phenolic OH excluding ortho intramolecular Hbond substituents is 1. The number of Topliss-reactive ketones (excluding diaryl/α,β-unsaturated/α-hetero) is 1. The summed E-state index contributed by atoms with van der Waals surface area (Å²) >= 11 is 0. The van der Waals surface area contributed by atoms with Crippen LogP contribution < -0.4 is 4.90 Å². The number of carbonyl (C=O) groups excluding carboxylic acids is 1. The number of aryl methyl sites for hydroxylation is 2. The van der Waals surface area contributed by atoms with Gasteiger partial charge in [0.1, 0.15) is 5.75 Å². The van der Waals surface area contributed by atoms with Gasteiger partial charge in [-0.3, -0.25) is 4.79 Å². The zero-order valence-electron chi connectivity index (χ0n) is 13.0. The quantitative estimate of drug-likeness (QED) is 0.866. The van der Waals surface area contributed by atoms with Crippen LogP contribution in [0.1, 0.15) is 34.0 Å². The number of carbonyl (C=O) groups is 1. The second kappa shape index (κ2) is 6.00. The molecule has 110 valence electrons. The van der Waals surface area contributed by atoms with Gasteiger partial charge in [0.15, 0.2) is 5.78 Å². The van der Waals surface area contributed by atoms with Gasteiger partial charge in [-0.15, -0.1) is 0 Å². The van der Waals surface area contributed by atoms with Gasteiger partial charge in [0.05, 0.1) is 0 Å². The number of phenols is 1. The van der Waals surface area contributed by atoms with Crippen molar-refractivity contribution in [2.75, 3.05) is 11.9 Å². The normalized spacial score (nSPS) is 10.5. The first-order valence-electron chi connectivity index (χ1n) is 6.99. The third-order valence-corrected chi connectivity index (χ3v) is 3.54. The lowest BCUT2D eigenvalue weighted by molar-refractivity contribution is 0.101. The van der Waals surface area contributed by atoms with E-state index in [0.717, 1.165) is 11.3 Å². The number of rotatable bonds is 4. The SMILES string of the molecule is CC(=O)c1ccc(O)c(CN(C)c2cc(C)cc(C)c2)c1. The van der Waals surface area contributed by atoms with Crippen LogP contribution in [0.25, 0.3) is 0 Å². The topological polar surface area (TPSA) is 40.5 Å². The fourth-order valence-electron chi connectivity index (χ4n) is 2.45. The molecule has 0 atom stereocenters. The molecule has 1 N–H and O–H groups in total. The first kappa shape index (κ1) is 15.1. The summed E-state index contributed by atoms with van der Waals surface area (Å²) in [5.41, 5.74) is 4.89. The molecule has 3 nitrogen and oxygen atoms in total. The molecule has 0 unspecified atom stereocenters. The number of benzene rings is 2. The largest absolute Gasteiger partial charge is 0.508 e. The molecule has 0 spiro atoms. The molecule has 0 saturated carbocycles. The van der Waals surface area contributed by atoms with Crippen molar-refractivity contribution in [2.24, 2.45) is 0 Å². The lowest BCUT2D eigenvalue weighted by Gasteiger charge is -2.21. The Morgan fingerprint density at radius 1 is 1.10 bits per heavy atom. The van der Waals surface area contributed by atoms with Crippen molar-refractivity contribution in [3.05, 3.63) is 58.7 Å². The molecule has 0 saturated heterocycles. The average Bonchev–Trinajstić information content (AvgIpc) is 2.39. The highest BCUT2D eigenvalue weighted by Crippen LogP contribution is 2.24. The Balaban J connectivity index is 2.28. The van der Waals surface area contributed by atoms with E-state index in [1.165, 1.54) is 18.1 Å². The molecule has 0 radical (unpaired) electrons. The second-order valence-corrected chi connectivity index (χ2v) is 5.60. The summed E-state index contributed by atoms with van der Waals surface area (Å²) in [6, 6.07) is 11.3. The van der Waals surface area contributed by atoms with Gasteiger partial charge in [-0.2, -0.15) is 0 Å². The van der Waals surface area contributed by atoms with Gasteiger partial charge in [0, 0.05) is 30.4 Å². The maximum atomic E-state index is 11.5. The van der Waals surface area contributed by atoms with Gasteiger partial charge in [-0.25, -0.2) is 0 Å². The van der Waals surface area contributed by atoms with Crippen LogP contribution in [0, 0.1) is 13.8 Å². The van der Waals surface area contributed by atoms with E-state index in [2.05, 4.69) is 36.9 Å². The molecule has 0 aromatic heterocycles. The number of anilines is 1. The number of hydrogen-bond donors (Lipinski definition) is 1. The number of hydrogen-bond acceptors (Lipinski definition) is 3. The molecule has 0 bridgehead atoms. The summed E-state index contributed by atoms with van der Waals surface area (Å²) in [6.07, 6.45) is 0. The molecule has 2 aromatic carbocycles. The fourth-order valence-corrected chi connectivity index (χ4v) is 2.45. The fraction of sp³-hybridized carbons (Fsp3) is 0.278. The van der Waals surface area contributed by atoms with Gasteiger partial charge in [-0.05, 0) is 62.2 Å². The van der Waals surface area contributed by atoms with Crippen LogP contribution >= 0.6 is 0 Å². The van der Waals surface area contributed by atoms with Gasteiger partial charge in [0.2, 0.25) is 0 Å². The summed E-state index contributed by atoms with van der Waals surface area (Å²) in [5.74, 6) is 0.224. The van der Waals surface area contributed by atoms with E-state index in [-0.39, 0.29) is 11.5 Å². The van der Waals surface area contributed by atoms with Crippen LogP contribution in [-0.2, 0) is 6.54 Å². The van der Waals surface area contributed by atoms with Crippen molar-refractivity contribution >= 4 is 11.5 Å². The zero-order chi connectivity index (χ0) is 15.6. The van der Waals surface area contributed by atoms with Gasteiger partial charge < -0.3 is 10.0 Å². The van der Waals surface area contributed by atoms with Crippen LogP contribution in [0.4, 0.5) is 5.69 Å². The molecular weight excluding hydrogens is 262 g/mol. The van der Waals surface area contributed by atoms with Crippen LogP contribution in [0.2, 0.25) is 0 Å². The Hall–Kier alpha value is -2.29. The summed E-state index contributed by atoms with van der Waals surface area (Å²) in [6.45, 7) is 6.22. The molecule has 0 fully saturated rings. The lowest BCUT2D eigenvalue weighted by Crippen LogP contribution is -2.17. The highest BCUT2D eigenvalue weighted by molar-refractivity contribution is 5.94. The van der Waals surface area contributed by atoms with Crippen molar-refractivity contribution in [1.29, 1.82) is 0 Å². The monoisotopic (exact) mass is 283 g/mol. The van der Waals surface area contributed by atoms with Crippen LogP contribution in [-0.4, -0.2) is 17.9 Å². The Morgan fingerprint density at radius 3 is 2.29 bits per heavy atom. The van der Waals surface area contributed by atoms with Gasteiger partial charge in [-0.1, -0.05) is 6.07 Å². The third kappa shape index (κ3) is 3.63. The standard InChI is InChI=1S/C18H21NO2/c1-12-7-13(2)9-17(8-12)19(4)11-16-10-15(14(3)20)5-6-18(16)21/h5-10,21H,11H2,1-4H3. The van der Waals surface area contributed by atoms with E-state index < -0.39 is 0 Å². The van der Waals surface area contributed by atoms with Crippen LogP contribution in [0.5, 0.6) is 5.75 Å². The van der Waals surface area contributed by atoms with E-state index in [9.17, 15) is 9.90 Å². The van der Waals surface area contributed by atoms with Gasteiger partial charge in [0.25, 0.3) is 0 Å². The van der Waals surface area contributed by atoms with Crippen LogP contribution in [0.15, 0.2) is 36.4 Å². The van der Waals surface area contributed by atoms with E-state index in [4.69, 9.17) is 0 Å². The molecule has 0 aliphatic heterocycles. The lowest BCUT2D eigenvalue weighted by atomic mass is 10.1. The summed E-state index contributed by atoms with van der Waals surface area (Å²) in [4.78, 5) is 13.5. The van der Waals surface area contributed by atoms with E-state index in [0.29, 0.717) is 12.1 Å². The summed E-state index contributed by atoms with van der Waals surface area (Å²) in [5, 5.41) is 9.98. The summed E-state index contributed by atoms with van der Waals surface area (Å²) in [7, 11) is 1.98. The highest BCUT2D eigenvalue weighted by atomic mass is 16.3. The van der Waals surface area contributed by atoms with Crippen molar-refractivity contribution in [2.45, 2.75) is 27.3 Å². The molecule has 0 heterocycles. The smallest absolute Gasteiger partial charge is 0.159 e. The van der Waals surface area contributed by atoms with Crippen LogP contribution in [0.3, 0.4) is 0 Å². The first-order valence-corrected chi connectivity index (χ1v) is 6.99. The Morgan fingerprint density at radius 2 is 1.71 bits per heavy atom. The Bertz CT molecular complexity index is 657. The maximum absolute atomic E-state index is 11.5. The maximum Gasteiger partial charge on any atom is 0.159 e. The first-order chi connectivity index (χ1) is 9.86. The van der Waals surface area contributed by atoms with E-state index >= 15 is 0 Å².